The lowest BCUT2D eigenvalue weighted by Crippen LogP contribution is -1.93. The van der Waals surface area contributed by atoms with Gasteiger partial charge in [0, 0.05) is 12.3 Å². The van der Waals surface area contributed by atoms with Crippen LogP contribution in [0, 0.1) is 0 Å². The van der Waals surface area contributed by atoms with Gasteiger partial charge in [-0.25, -0.2) is 4.98 Å². The van der Waals surface area contributed by atoms with Gasteiger partial charge in [-0.05, 0) is 31.0 Å². The van der Waals surface area contributed by atoms with Crippen molar-refractivity contribution in [2.45, 2.75) is 39.5 Å². The summed E-state index contributed by atoms with van der Waals surface area (Å²) in [7, 11) is 0. The first-order valence-corrected chi connectivity index (χ1v) is 6.04. The zero-order valence-electron chi connectivity index (χ0n) is 10.6. The number of nitrogens with one attached hydrogen (secondary N) is 1. The van der Waals surface area contributed by atoms with E-state index in [9.17, 15) is 4.79 Å². The van der Waals surface area contributed by atoms with Crippen LogP contribution in [0.15, 0.2) is 18.2 Å². The summed E-state index contributed by atoms with van der Waals surface area (Å²) >= 11 is 0. The van der Waals surface area contributed by atoms with Crippen LogP contribution < -0.4 is 0 Å². The number of fused-ring (bicyclic) bond motifs is 1. The molecule has 1 aromatic heterocycles. The average molecular weight is 230 g/mol. The van der Waals surface area contributed by atoms with Crippen LogP contribution in [0.2, 0.25) is 0 Å². The molecular weight excluding hydrogens is 212 g/mol. The number of Topliss-reactive ketones (excluding diaryl/α,β-unsaturated/α-hetero) is 1. The highest BCUT2D eigenvalue weighted by molar-refractivity contribution is 5.77. The minimum absolute atomic E-state index is 0.234. The van der Waals surface area contributed by atoms with Gasteiger partial charge in [0.25, 0.3) is 0 Å². The molecule has 0 aliphatic rings. The summed E-state index contributed by atoms with van der Waals surface area (Å²) in [5.41, 5.74) is 3.25. The van der Waals surface area contributed by atoms with Crippen molar-refractivity contribution in [3.05, 3.63) is 29.6 Å². The smallest absolute Gasteiger partial charge is 0.130 e. The van der Waals surface area contributed by atoms with Crippen LogP contribution in [-0.4, -0.2) is 15.8 Å². The second kappa shape index (κ2) is 4.70. The van der Waals surface area contributed by atoms with Gasteiger partial charge in [0.15, 0.2) is 0 Å². The van der Waals surface area contributed by atoms with Crippen LogP contribution in [-0.2, 0) is 11.2 Å². The number of hydrogen-bond donors (Lipinski definition) is 1. The predicted octanol–water partition coefficient (Wildman–Crippen LogP) is 3.21. The Morgan fingerprint density at radius 3 is 2.82 bits per heavy atom. The summed E-state index contributed by atoms with van der Waals surface area (Å²) in [6, 6.07) is 6.17. The molecule has 1 aromatic carbocycles. The van der Waals surface area contributed by atoms with Crippen LogP contribution in [0.25, 0.3) is 11.0 Å². The maximum absolute atomic E-state index is 11.0. The fourth-order valence-electron chi connectivity index (χ4n) is 1.83. The minimum Gasteiger partial charge on any atom is -0.342 e. The summed E-state index contributed by atoms with van der Waals surface area (Å²) in [6.07, 6.45) is 1.41. The van der Waals surface area contributed by atoms with E-state index in [0.717, 1.165) is 23.3 Å². The van der Waals surface area contributed by atoms with E-state index >= 15 is 0 Å². The van der Waals surface area contributed by atoms with Gasteiger partial charge >= 0.3 is 0 Å². The van der Waals surface area contributed by atoms with Crippen LogP contribution in [0.3, 0.4) is 0 Å². The van der Waals surface area contributed by atoms with E-state index in [-0.39, 0.29) is 5.78 Å². The number of rotatable bonds is 4. The quantitative estimate of drug-likeness (QED) is 0.876. The second-order valence-corrected chi connectivity index (χ2v) is 4.83. The average Bonchev–Trinajstić information content (AvgIpc) is 2.69. The third-order valence-electron chi connectivity index (χ3n) is 2.88. The number of hydrogen-bond acceptors (Lipinski definition) is 2. The Morgan fingerprint density at radius 1 is 1.41 bits per heavy atom. The Morgan fingerprint density at radius 2 is 2.18 bits per heavy atom. The van der Waals surface area contributed by atoms with E-state index in [1.807, 2.05) is 6.07 Å². The molecule has 90 valence electrons. The number of imidazole rings is 1. The number of H-pyrrole nitrogens is 1. The molecule has 3 heteroatoms. The van der Waals surface area contributed by atoms with Gasteiger partial charge in [0.05, 0.1) is 11.0 Å². The molecule has 2 rings (SSSR count). The maximum atomic E-state index is 11.0. The maximum Gasteiger partial charge on any atom is 0.130 e. The van der Waals surface area contributed by atoms with Crippen molar-refractivity contribution in [3.8, 4) is 0 Å². The van der Waals surface area contributed by atoms with Crippen LogP contribution in [0.4, 0.5) is 0 Å². The fraction of sp³-hybridized carbons (Fsp3) is 0.429. The Hall–Kier alpha value is -1.64. The number of aromatic amines is 1. The van der Waals surface area contributed by atoms with Crippen molar-refractivity contribution in [3.63, 3.8) is 0 Å². The number of benzene rings is 1. The molecule has 3 nitrogen and oxygen atoms in total. The molecule has 0 spiro atoms. The summed E-state index contributed by atoms with van der Waals surface area (Å²) < 4.78 is 0. The molecule has 0 amide bonds. The minimum atomic E-state index is 0.234. The van der Waals surface area contributed by atoms with E-state index in [4.69, 9.17) is 0 Å². The first kappa shape index (κ1) is 11.8. The monoisotopic (exact) mass is 230 g/mol. The predicted molar refractivity (Wildman–Crippen MR) is 69.2 cm³/mol. The van der Waals surface area contributed by atoms with Crippen LogP contribution in [0.5, 0.6) is 0 Å². The summed E-state index contributed by atoms with van der Waals surface area (Å²) in [5, 5.41) is 0. The molecular formula is C14H18N2O. The lowest BCUT2D eigenvalue weighted by molar-refractivity contribution is -0.116. The molecule has 0 saturated heterocycles. The van der Waals surface area contributed by atoms with Crippen molar-refractivity contribution in [2.24, 2.45) is 0 Å². The normalized spacial score (nSPS) is 11.3. The van der Waals surface area contributed by atoms with Gasteiger partial charge in [0.1, 0.15) is 11.6 Å². The molecule has 0 unspecified atom stereocenters. The Bertz CT molecular complexity index is 540. The highest BCUT2D eigenvalue weighted by Crippen LogP contribution is 2.18. The molecule has 0 bridgehead atoms. The van der Waals surface area contributed by atoms with Gasteiger partial charge in [-0.3, -0.25) is 0 Å². The number of aryl methyl sites for hydroxylation is 1. The fourth-order valence-corrected chi connectivity index (χ4v) is 1.83. The Labute approximate surface area is 101 Å². The topological polar surface area (TPSA) is 45.8 Å². The van der Waals surface area contributed by atoms with Gasteiger partial charge in [-0.1, -0.05) is 19.9 Å². The number of aromatic nitrogens is 2. The third kappa shape index (κ3) is 2.73. The molecule has 17 heavy (non-hydrogen) atoms. The standard InChI is InChI=1S/C14H18N2O/c1-9(2)14-15-12-7-6-11(5-4-10(3)17)8-13(12)16-14/h6-9H,4-5H2,1-3H3,(H,15,16). The molecule has 0 aliphatic carbocycles. The number of ketones is 1. The number of carbonyl (C=O) groups is 1. The van der Waals surface area contributed by atoms with Crippen molar-refractivity contribution in [2.75, 3.05) is 0 Å². The number of carbonyl (C=O) groups excluding carboxylic acids is 1. The first-order chi connectivity index (χ1) is 8.06. The van der Waals surface area contributed by atoms with Gasteiger partial charge < -0.3 is 9.78 Å². The van der Waals surface area contributed by atoms with E-state index in [1.54, 1.807) is 6.92 Å². The van der Waals surface area contributed by atoms with Gasteiger partial charge in [-0.2, -0.15) is 0 Å². The van der Waals surface area contributed by atoms with E-state index in [2.05, 4.69) is 35.9 Å². The molecule has 1 N–H and O–H groups in total. The summed E-state index contributed by atoms with van der Waals surface area (Å²) in [4.78, 5) is 18.8. The first-order valence-electron chi connectivity index (χ1n) is 6.04. The van der Waals surface area contributed by atoms with Crippen LogP contribution in [0.1, 0.15) is 44.5 Å². The van der Waals surface area contributed by atoms with Gasteiger partial charge in [0.2, 0.25) is 0 Å². The summed E-state index contributed by atoms with van der Waals surface area (Å²) in [6.45, 7) is 5.87. The Balaban J connectivity index is 2.27. The van der Waals surface area contributed by atoms with E-state index < -0.39 is 0 Å². The highest BCUT2D eigenvalue weighted by Gasteiger charge is 2.06. The van der Waals surface area contributed by atoms with Crippen molar-refractivity contribution in [1.29, 1.82) is 0 Å². The van der Waals surface area contributed by atoms with Crippen molar-refractivity contribution in [1.82, 2.24) is 9.97 Å². The molecule has 0 atom stereocenters. The second-order valence-electron chi connectivity index (χ2n) is 4.83. The van der Waals surface area contributed by atoms with Crippen molar-refractivity contribution >= 4 is 16.8 Å². The lowest BCUT2D eigenvalue weighted by atomic mass is 10.1. The zero-order valence-corrected chi connectivity index (χ0v) is 10.6. The van der Waals surface area contributed by atoms with E-state index in [1.165, 1.54) is 5.56 Å². The molecule has 0 saturated carbocycles. The largest absolute Gasteiger partial charge is 0.342 e. The Kier molecular flexibility index (Phi) is 3.27. The van der Waals surface area contributed by atoms with Crippen LogP contribution >= 0.6 is 0 Å². The molecule has 0 aliphatic heterocycles. The zero-order chi connectivity index (χ0) is 12.4. The third-order valence-corrected chi connectivity index (χ3v) is 2.88. The molecule has 2 aromatic rings. The van der Waals surface area contributed by atoms with Crippen molar-refractivity contribution < 1.29 is 4.79 Å². The molecule has 0 fully saturated rings. The van der Waals surface area contributed by atoms with E-state index in [0.29, 0.717) is 12.3 Å². The number of nitrogens with zero attached hydrogens (tertiary/aromatic N) is 1. The summed E-state index contributed by atoms with van der Waals surface area (Å²) in [5.74, 6) is 1.66. The van der Waals surface area contributed by atoms with Gasteiger partial charge in [-0.15, -0.1) is 0 Å². The lowest BCUT2D eigenvalue weighted by Gasteiger charge is -1.98. The molecule has 0 radical (unpaired) electrons. The molecule has 1 heterocycles. The SMILES string of the molecule is CC(=O)CCc1ccc2nc(C(C)C)[nH]c2c1. The highest BCUT2D eigenvalue weighted by atomic mass is 16.1.